The monoisotopic (exact) mass is 368 g/mol. The molecular formula is C20H20N2O3S. The van der Waals surface area contributed by atoms with Gasteiger partial charge in [-0.25, -0.2) is 0 Å². The second kappa shape index (κ2) is 8.01. The highest BCUT2D eigenvalue weighted by atomic mass is 32.1. The number of rotatable bonds is 6. The van der Waals surface area contributed by atoms with Crippen molar-refractivity contribution in [2.75, 3.05) is 14.2 Å². The van der Waals surface area contributed by atoms with Gasteiger partial charge >= 0.3 is 0 Å². The van der Waals surface area contributed by atoms with E-state index in [1.807, 2.05) is 47.0 Å². The molecule has 0 unspecified atom stereocenters. The summed E-state index contributed by atoms with van der Waals surface area (Å²) in [6.07, 6.45) is 2.04. The van der Waals surface area contributed by atoms with Crippen LogP contribution in [-0.4, -0.2) is 24.7 Å². The van der Waals surface area contributed by atoms with Crippen molar-refractivity contribution >= 4 is 27.5 Å². The molecule has 0 atom stereocenters. The summed E-state index contributed by atoms with van der Waals surface area (Å²) in [7, 11) is 3.25. The first-order chi connectivity index (χ1) is 12.6. The molecule has 0 aliphatic heterocycles. The van der Waals surface area contributed by atoms with Gasteiger partial charge in [-0.05, 0) is 35.9 Å². The molecule has 1 heterocycles. The number of ether oxygens (including phenoxy) is 2. The third-order valence-electron chi connectivity index (χ3n) is 3.94. The molecule has 0 saturated heterocycles. The Kier molecular flexibility index (Phi) is 5.53. The van der Waals surface area contributed by atoms with Gasteiger partial charge < -0.3 is 14.0 Å². The normalized spacial score (nSPS) is 11.5. The first-order valence-corrected chi connectivity index (χ1v) is 8.95. The van der Waals surface area contributed by atoms with Crippen molar-refractivity contribution in [3.05, 3.63) is 65.5 Å². The van der Waals surface area contributed by atoms with Crippen molar-refractivity contribution in [3.8, 4) is 11.5 Å². The maximum atomic E-state index is 12.4. The molecule has 0 aliphatic rings. The SMILES string of the molecule is C=CCn1c(=NC(=O)Cc2ccc(OC)cc2)sc2cc(OC)ccc21. The van der Waals surface area contributed by atoms with Crippen LogP contribution in [-0.2, 0) is 17.8 Å². The van der Waals surface area contributed by atoms with Gasteiger partial charge in [-0.15, -0.1) is 6.58 Å². The van der Waals surface area contributed by atoms with Crippen molar-refractivity contribution in [2.45, 2.75) is 13.0 Å². The van der Waals surface area contributed by atoms with E-state index in [1.165, 1.54) is 11.3 Å². The summed E-state index contributed by atoms with van der Waals surface area (Å²) in [4.78, 5) is 17.4. The molecule has 1 aromatic heterocycles. The maximum Gasteiger partial charge on any atom is 0.252 e. The molecule has 26 heavy (non-hydrogen) atoms. The number of aromatic nitrogens is 1. The summed E-state index contributed by atoms with van der Waals surface area (Å²) in [6.45, 7) is 4.39. The van der Waals surface area contributed by atoms with Crippen LogP contribution in [0.4, 0.5) is 0 Å². The van der Waals surface area contributed by atoms with Crippen molar-refractivity contribution in [1.29, 1.82) is 0 Å². The first kappa shape index (κ1) is 17.9. The lowest BCUT2D eigenvalue weighted by atomic mass is 10.1. The summed E-state index contributed by atoms with van der Waals surface area (Å²) in [5.74, 6) is 1.35. The number of thiazole rings is 1. The molecule has 0 saturated carbocycles. The van der Waals surface area contributed by atoms with Gasteiger partial charge in [0.2, 0.25) is 0 Å². The van der Waals surface area contributed by atoms with Crippen LogP contribution in [0.2, 0.25) is 0 Å². The van der Waals surface area contributed by atoms with Crippen LogP contribution in [0, 0.1) is 0 Å². The highest BCUT2D eigenvalue weighted by Crippen LogP contribution is 2.23. The summed E-state index contributed by atoms with van der Waals surface area (Å²) in [5.41, 5.74) is 1.91. The fourth-order valence-electron chi connectivity index (χ4n) is 2.64. The van der Waals surface area contributed by atoms with Crippen LogP contribution in [0.15, 0.2) is 60.1 Å². The Labute approximate surface area is 155 Å². The van der Waals surface area contributed by atoms with Crippen LogP contribution >= 0.6 is 11.3 Å². The van der Waals surface area contributed by atoms with Crippen LogP contribution < -0.4 is 14.3 Å². The number of nitrogens with zero attached hydrogens (tertiary/aromatic N) is 2. The summed E-state index contributed by atoms with van der Waals surface area (Å²) >= 11 is 1.47. The average molecular weight is 368 g/mol. The third-order valence-corrected chi connectivity index (χ3v) is 4.98. The van der Waals surface area contributed by atoms with Gasteiger partial charge in [0.05, 0.1) is 30.9 Å². The second-order valence-electron chi connectivity index (χ2n) is 5.65. The number of carbonyl (C=O) groups excluding carboxylic acids is 1. The number of amides is 1. The molecule has 5 nitrogen and oxygen atoms in total. The van der Waals surface area contributed by atoms with Crippen molar-refractivity contribution < 1.29 is 14.3 Å². The average Bonchev–Trinajstić information content (AvgIpc) is 2.98. The number of methoxy groups -OCH3 is 2. The van der Waals surface area contributed by atoms with Gasteiger partial charge in [0.15, 0.2) is 4.80 Å². The zero-order valence-corrected chi connectivity index (χ0v) is 15.6. The van der Waals surface area contributed by atoms with Crippen molar-refractivity contribution in [3.63, 3.8) is 0 Å². The standard InChI is InChI=1S/C20H20N2O3S/c1-4-11-22-17-10-9-16(25-3)13-18(17)26-20(22)21-19(23)12-14-5-7-15(24-2)8-6-14/h4-10,13H,1,11-12H2,2-3H3. The van der Waals surface area contributed by atoms with Gasteiger partial charge in [-0.3, -0.25) is 4.79 Å². The lowest BCUT2D eigenvalue weighted by Gasteiger charge is -2.03. The number of benzene rings is 2. The Bertz CT molecular complexity index is 1000. The second-order valence-corrected chi connectivity index (χ2v) is 6.66. The Hall–Kier alpha value is -2.86. The minimum absolute atomic E-state index is 0.188. The number of fused-ring (bicyclic) bond motifs is 1. The van der Waals surface area contributed by atoms with Crippen molar-refractivity contribution in [1.82, 2.24) is 4.57 Å². The molecule has 0 bridgehead atoms. The number of allylic oxidation sites excluding steroid dienone is 1. The Morgan fingerprint density at radius 2 is 1.85 bits per heavy atom. The van der Waals surface area contributed by atoms with E-state index in [2.05, 4.69) is 11.6 Å². The van der Waals surface area contributed by atoms with Gasteiger partial charge in [-0.1, -0.05) is 29.5 Å². The van der Waals surface area contributed by atoms with Crippen LogP contribution in [0.5, 0.6) is 11.5 Å². The molecule has 0 fully saturated rings. The molecule has 134 valence electrons. The van der Waals surface area contributed by atoms with E-state index in [4.69, 9.17) is 9.47 Å². The lowest BCUT2D eigenvalue weighted by molar-refractivity contribution is -0.117. The van der Waals surface area contributed by atoms with E-state index in [9.17, 15) is 4.79 Å². The highest BCUT2D eigenvalue weighted by Gasteiger charge is 2.09. The molecule has 1 amide bonds. The summed E-state index contributed by atoms with van der Waals surface area (Å²) < 4.78 is 13.4. The van der Waals surface area contributed by atoms with E-state index in [0.717, 1.165) is 27.3 Å². The summed E-state index contributed by atoms with van der Waals surface area (Å²) in [6, 6.07) is 13.3. The Balaban J connectivity index is 1.94. The van der Waals surface area contributed by atoms with Crippen LogP contribution in [0.25, 0.3) is 10.2 Å². The van der Waals surface area contributed by atoms with E-state index >= 15 is 0 Å². The number of hydrogen-bond donors (Lipinski definition) is 0. The van der Waals surface area contributed by atoms with E-state index in [0.29, 0.717) is 11.3 Å². The molecule has 0 radical (unpaired) electrons. The predicted octanol–water partition coefficient (Wildman–Crippen LogP) is 3.58. The maximum absolute atomic E-state index is 12.4. The molecule has 0 aliphatic carbocycles. The number of hydrogen-bond acceptors (Lipinski definition) is 4. The van der Waals surface area contributed by atoms with Gasteiger partial charge in [0, 0.05) is 6.54 Å². The Morgan fingerprint density at radius 1 is 1.15 bits per heavy atom. The Morgan fingerprint density at radius 3 is 2.50 bits per heavy atom. The van der Waals surface area contributed by atoms with Gasteiger partial charge in [0.25, 0.3) is 5.91 Å². The topological polar surface area (TPSA) is 52.8 Å². The fraction of sp³-hybridized carbons (Fsp3) is 0.200. The lowest BCUT2D eigenvalue weighted by Crippen LogP contribution is -2.16. The highest BCUT2D eigenvalue weighted by molar-refractivity contribution is 7.16. The first-order valence-electron chi connectivity index (χ1n) is 8.13. The molecule has 6 heteroatoms. The summed E-state index contributed by atoms with van der Waals surface area (Å²) in [5, 5.41) is 0. The number of carbonyl (C=O) groups is 1. The minimum atomic E-state index is -0.188. The van der Waals surface area contributed by atoms with E-state index in [-0.39, 0.29) is 12.3 Å². The fourth-order valence-corrected chi connectivity index (χ4v) is 3.72. The smallest absolute Gasteiger partial charge is 0.252 e. The largest absolute Gasteiger partial charge is 0.497 e. The molecule has 3 aromatic rings. The zero-order valence-electron chi connectivity index (χ0n) is 14.8. The minimum Gasteiger partial charge on any atom is -0.497 e. The molecule has 2 aromatic carbocycles. The predicted molar refractivity (Wildman–Crippen MR) is 104 cm³/mol. The quantitative estimate of drug-likeness (QED) is 0.625. The molecule has 0 N–H and O–H groups in total. The van der Waals surface area contributed by atoms with Crippen LogP contribution in [0.3, 0.4) is 0 Å². The molecule has 0 spiro atoms. The zero-order chi connectivity index (χ0) is 18.5. The van der Waals surface area contributed by atoms with Crippen molar-refractivity contribution in [2.24, 2.45) is 4.99 Å². The third kappa shape index (κ3) is 3.86. The molecule has 3 rings (SSSR count). The van der Waals surface area contributed by atoms with E-state index < -0.39 is 0 Å². The van der Waals surface area contributed by atoms with E-state index in [1.54, 1.807) is 20.3 Å². The van der Waals surface area contributed by atoms with Gasteiger partial charge in [-0.2, -0.15) is 4.99 Å². The van der Waals surface area contributed by atoms with Crippen LogP contribution in [0.1, 0.15) is 5.56 Å². The van der Waals surface area contributed by atoms with Gasteiger partial charge in [0.1, 0.15) is 11.5 Å². The molecular weight excluding hydrogens is 348 g/mol.